The van der Waals surface area contributed by atoms with Gasteiger partial charge >= 0.3 is 0 Å². The molecular weight excluding hydrogens is 276 g/mol. The molecule has 1 aliphatic rings. The average molecular weight is 302 g/mol. The molecule has 0 bridgehead atoms. The fourth-order valence-electron chi connectivity index (χ4n) is 3.20. The molecular formula is C18H26N2S. The van der Waals surface area contributed by atoms with Crippen LogP contribution in [0.2, 0.25) is 0 Å². The molecule has 1 unspecified atom stereocenters. The first kappa shape index (κ1) is 16.2. The molecule has 0 aliphatic carbocycles. The highest BCUT2D eigenvalue weighted by Gasteiger charge is 2.37. The topological polar surface area (TPSA) is 17.3 Å². The number of fused-ring (bicyclic) bond motifs is 1. The summed E-state index contributed by atoms with van der Waals surface area (Å²) in [7, 11) is 0. The molecule has 2 rings (SSSR count). The minimum atomic E-state index is 0.218. The van der Waals surface area contributed by atoms with Crippen molar-refractivity contribution in [2.75, 3.05) is 5.75 Å². The van der Waals surface area contributed by atoms with Crippen molar-refractivity contribution >= 4 is 22.9 Å². The fourth-order valence-corrected chi connectivity index (χ4v) is 4.42. The molecule has 0 amide bonds. The molecule has 0 radical (unpaired) electrons. The largest absolute Gasteiger partial charge is 0.337 e. The zero-order valence-electron chi connectivity index (χ0n) is 13.7. The van der Waals surface area contributed by atoms with Crippen molar-refractivity contribution < 1.29 is 0 Å². The molecule has 2 nitrogen and oxygen atoms in total. The standard InChI is InChI=1S/C18H26N2S/c1-7-9-18(8-2)12-21-15(6)17-10-16(11-19-13(3)4)14(5)20(17)18/h10-11H,3,6-9,12H2,1-2,4-5H3/b19-11-. The van der Waals surface area contributed by atoms with E-state index in [9.17, 15) is 0 Å². The van der Waals surface area contributed by atoms with Crippen molar-refractivity contribution in [3.63, 3.8) is 0 Å². The Morgan fingerprint density at radius 1 is 1.52 bits per heavy atom. The van der Waals surface area contributed by atoms with Gasteiger partial charge in [-0.15, -0.1) is 11.8 Å². The summed E-state index contributed by atoms with van der Waals surface area (Å²) in [6, 6.07) is 2.23. The lowest BCUT2D eigenvalue weighted by Gasteiger charge is -2.41. The Kier molecular flexibility index (Phi) is 4.82. The number of hydrogen-bond donors (Lipinski definition) is 0. The molecule has 0 aromatic carbocycles. The minimum absolute atomic E-state index is 0.218. The summed E-state index contributed by atoms with van der Waals surface area (Å²) in [5.41, 5.74) is 4.80. The zero-order chi connectivity index (χ0) is 15.6. The van der Waals surface area contributed by atoms with Crippen molar-refractivity contribution in [3.05, 3.63) is 41.9 Å². The number of allylic oxidation sites excluding steroid dienone is 1. The Hall–Kier alpha value is -1.22. The lowest BCUT2D eigenvalue weighted by Crippen LogP contribution is -2.39. The molecule has 1 aromatic heterocycles. The van der Waals surface area contributed by atoms with Crippen molar-refractivity contribution in [3.8, 4) is 0 Å². The summed E-state index contributed by atoms with van der Waals surface area (Å²) in [5.74, 6) is 1.12. The highest BCUT2D eigenvalue weighted by atomic mass is 32.2. The number of hydrogen-bond acceptors (Lipinski definition) is 2. The number of aromatic nitrogens is 1. The van der Waals surface area contributed by atoms with Gasteiger partial charge in [0.1, 0.15) is 0 Å². The Bertz CT molecular complexity index is 595. The molecule has 2 heterocycles. The predicted octanol–water partition coefficient (Wildman–Crippen LogP) is 5.37. The van der Waals surface area contributed by atoms with E-state index in [4.69, 9.17) is 0 Å². The maximum atomic E-state index is 4.37. The summed E-state index contributed by atoms with van der Waals surface area (Å²) in [4.78, 5) is 5.55. The van der Waals surface area contributed by atoms with Crippen LogP contribution in [0.3, 0.4) is 0 Å². The number of nitrogens with zero attached hydrogens (tertiary/aromatic N) is 2. The van der Waals surface area contributed by atoms with Crippen LogP contribution in [0, 0.1) is 6.92 Å². The third-order valence-corrected chi connectivity index (χ3v) is 5.60. The van der Waals surface area contributed by atoms with Gasteiger partial charge in [0.25, 0.3) is 0 Å². The number of aliphatic imine (C=N–C) groups is 1. The summed E-state index contributed by atoms with van der Waals surface area (Å²) in [5, 5.41) is 0. The maximum Gasteiger partial charge on any atom is 0.0553 e. The quantitative estimate of drug-likeness (QED) is 0.668. The smallest absolute Gasteiger partial charge is 0.0553 e. The molecule has 0 saturated heterocycles. The van der Waals surface area contributed by atoms with E-state index in [0.29, 0.717) is 0 Å². The Morgan fingerprint density at radius 2 is 2.24 bits per heavy atom. The maximum absolute atomic E-state index is 4.37. The van der Waals surface area contributed by atoms with E-state index in [0.717, 1.165) is 17.9 Å². The second-order valence-corrected chi connectivity index (χ2v) is 7.01. The minimum Gasteiger partial charge on any atom is -0.337 e. The molecule has 0 fully saturated rings. The van der Waals surface area contributed by atoms with Crippen LogP contribution >= 0.6 is 11.8 Å². The van der Waals surface area contributed by atoms with Gasteiger partial charge in [-0.2, -0.15) is 0 Å². The fraction of sp³-hybridized carbons (Fsp3) is 0.500. The Morgan fingerprint density at radius 3 is 2.81 bits per heavy atom. The van der Waals surface area contributed by atoms with Gasteiger partial charge in [0.15, 0.2) is 0 Å². The molecule has 1 aliphatic heterocycles. The van der Waals surface area contributed by atoms with Crippen LogP contribution in [-0.4, -0.2) is 16.5 Å². The van der Waals surface area contributed by atoms with Gasteiger partial charge in [0.05, 0.1) is 11.2 Å². The van der Waals surface area contributed by atoms with Crippen molar-refractivity contribution in [1.29, 1.82) is 0 Å². The first-order valence-corrected chi connectivity index (χ1v) is 8.68. The van der Waals surface area contributed by atoms with Gasteiger partial charge in [0, 0.05) is 33.8 Å². The molecule has 0 saturated carbocycles. The lowest BCUT2D eigenvalue weighted by atomic mass is 9.91. The summed E-state index contributed by atoms with van der Waals surface area (Å²) < 4.78 is 2.52. The second-order valence-electron chi connectivity index (χ2n) is 5.94. The van der Waals surface area contributed by atoms with E-state index >= 15 is 0 Å². The molecule has 1 atom stereocenters. The summed E-state index contributed by atoms with van der Waals surface area (Å²) in [6.45, 7) is 16.8. The molecule has 3 heteroatoms. The zero-order valence-corrected chi connectivity index (χ0v) is 14.5. The van der Waals surface area contributed by atoms with E-state index in [1.165, 1.54) is 34.7 Å². The van der Waals surface area contributed by atoms with Crippen LogP contribution in [0.25, 0.3) is 4.91 Å². The number of rotatable bonds is 5. The normalized spacial score (nSPS) is 21.8. The van der Waals surface area contributed by atoms with E-state index in [1.807, 2.05) is 24.9 Å². The van der Waals surface area contributed by atoms with Gasteiger partial charge < -0.3 is 4.57 Å². The van der Waals surface area contributed by atoms with Crippen LogP contribution in [0.1, 0.15) is 57.0 Å². The predicted molar refractivity (Wildman–Crippen MR) is 96.2 cm³/mol. The monoisotopic (exact) mass is 302 g/mol. The van der Waals surface area contributed by atoms with Gasteiger partial charge in [-0.1, -0.05) is 33.4 Å². The van der Waals surface area contributed by atoms with E-state index in [-0.39, 0.29) is 5.54 Å². The third-order valence-electron chi connectivity index (χ3n) is 4.36. The van der Waals surface area contributed by atoms with Gasteiger partial charge in [-0.25, -0.2) is 0 Å². The molecule has 114 valence electrons. The highest BCUT2D eigenvalue weighted by molar-refractivity contribution is 8.08. The first-order valence-electron chi connectivity index (χ1n) is 7.69. The lowest BCUT2D eigenvalue weighted by molar-refractivity contribution is 0.279. The second kappa shape index (κ2) is 6.27. The van der Waals surface area contributed by atoms with E-state index in [1.54, 1.807) is 0 Å². The van der Waals surface area contributed by atoms with Crippen LogP contribution in [0.4, 0.5) is 0 Å². The molecule has 1 aromatic rings. The van der Waals surface area contributed by atoms with Gasteiger partial charge in [-0.05, 0) is 32.8 Å². The van der Waals surface area contributed by atoms with Crippen molar-refractivity contribution in [2.45, 2.75) is 52.5 Å². The van der Waals surface area contributed by atoms with E-state index < -0.39 is 0 Å². The molecule has 21 heavy (non-hydrogen) atoms. The number of thioether (sulfide) groups is 1. The van der Waals surface area contributed by atoms with Crippen molar-refractivity contribution in [2.24, 2.45) is 4.99 Å². The van der Waals surface area contributed by atoms with Crippen LogP contribution in [0.5, 0.6) is 0 Å². The van der Waals surface area contributed by atoms with Crippen LogP contribution < -0.4 is 0 Å². The van der Waals surface area contributed by atoms with Crippen LogP contribution in [-0.2, 0) is 5.54 Å². The Balaban J connectivity index is 2.58. The van der Waals surface area contributed by atoms with Crippen LogP contribution in [0.15, 0.2) is 29.9 Å². The highest BCUT2D eigenvalue weighted by Crippen LogP contribution is 2.45. The average Bonchev–Trinajstić information content (AvgIpc) is 2.79. The molecule has 0 N–H and O–H groups in total. The SMILES string of the molecule is C=C(C)/N=C\c1cc2n(c1C)C(CC)(CCC)CSC2=C. The molecule has 0 spiro atoms. The Labute approximate surface area is 133 Å². The van der Waals surface area contributed by atoms with Gasteiger partial charge in [0.2, 0.25) is 0 Å². The van der Waals surface area contributed by atoms with Crippen molar-refractivity contribution in [1.82, 2.24) is 4.57 Å². The van der Waals surface area contributed by atoms with Gasteiger partial charge in [-0.3, -0.25) is 4.99 Å². The summed E-state index contributed by atoms with van der Waals surface area (Å²) in [6.07, 6.45) is 5.50. The first-order chi connectivity index (χ1) is 9.95. The third kappa shape index (κ3) is 2.89. The van der Waals surface area contributed by atoms with E-state index in [2.05, 4.69) is 49.6 Å². The summed E-state index contributed by atoms with van der Waals surface area (Å²) >= 11 is 1.90.